The lowest BCUT2D eigenvalue weighted by atomic mass is 9.82. The zero-order chi connectivity index (χ0) is 25.9. The highest BCUT2D eigenvalue weighted by molar-refractivity contribution is 6.28. The van der Waals surface area contributed by atoms with Gasteiger partial charge in [0.15, 0.2) is 0 Å². The van der Waals surface area contributed by atoms with Crippen LogP contribution in [0.15, 0.2) is 42.5 Å². The van der Waals surface area contributed by atoms with Crippen molar-refractivity contribution in [3.05, 3.63) is 70.3 Å². The van der Waals surface area contributed by atoms with Gasteiger partial charge in [-0.2, -0.15) is 26.3 Å². The molecule has 3 N–H and O–H groups in total. The molecule has 35 heavy (non-hydrogen) atoms. The van der Waals surface area contributed by atoms with E-state index in [2.05, 4.69) is 5.32 Å². The molecular formula is C26H23F6N3. The number of benzene rings is 3. The highest BCUT2D eigenvalue weighted by Crippen LogP contribution is 2.40. The zero-order valence-electron chi connectivity index (χ0n) is 19.2. The lowest BCUT2D eigenvalue weighted by molar-refractivity contribution is -0.127. The zero-order valence-corrected chi connectivity index (χ0v) is 19.2. The summed E-state index contributed by atoms with van der Waals surface area (Å²) in [6, 6.07) is 10.7. The van der Waals surface area contributed by atoms with Crippen molar-refractivity contribution in [3.63, 3.8) is 0 Å². The second-order valence-corrected chi connectivity index (χ2v) is 9.86. The highest BCUT2D eigenvalue weighted by Gasteiger charge is 2.32. The summed E-state index contributed by atoms with van der Waals surface area (Å²) in [5.74, 6) is -0.170. The highest BCUT2D eigenvalue weighted by atomic mass is 19.4. The second kappa shape index (κ2) is 8.10. The van der Waals surface area contributed by atoms with Crippen molar-refractivity contribution in [3.8, 4) is 11.1 Å². The van der Waals surface area contributed by atoms with Gasteiger partial charge in [0.2, 0.25) is 0 Å². The van der Waals surface area contributed by atoms with Crippen LogP contribution in [0.3, 0.4) is 0 Å². The Bertz CT molecular complexity index is 1330. The smallest absolute Gasteiger partial charge is 0.325 e. The third-order valence-corrected chi connectivity index (χ3v) is 5.93. The molecule has 0 spiro atoms. The quantitative estimate of drug-likeness (QED) is 0.332. The molecule has 184 valence electrons. The maximum Gasteiger partial charge on any atom is 0.393 e. The molecule has 0 saturated carbocycles. The average molecular weight is 491 g/mol. The molecule has 0 atom stereocenters. The maximum atomic E-state index is 13.2. The number of hydrogen-bond acceptors (Lipinski definition) is 2. The van der Waals surface area contributed by atoms with E-state index in [1.807, 2.05) is 39.0 Å². The lowest BCUT2D eigenvalue weighted by Crippen LogP contribution is -2.20. The topological polar surface area (TPSA) is 59.7 Å². The van der Waals surface area contributed by atoms with E-state index in [-0.39, 0.29) is 39.3 Å². The van der Waals surface area contributed by atoms with Gasteiger partial charge in [-0.05, 0) is 50.6 Å². The SMILES string of the molecule is CC(C)(C)c1ccc2cc3c(c(-c4cc(CC(F)(F)F)cc(CC(F)(F)F)c4)c2c1)C(=N)NC3=N. The van der Waals surface area contributed by atoms with E-state index in [0.717, 1.165) is 11.6 Å². The maximum absolute atomic E-state index is 13.2. The summed E-state index contributed by atoms with van der Waals surface area (Å²) in [4.78, 5) is 0. The third kappa shape index (κ3) is 5.18. The molecule has 0 aromatic heterocycles. The van der Waals surface area contributed by atoms with Gasteiger partial charge in [-0.25, -0.2) is 0 Å². The van der Waals surface area contributed by atoms with E-state index in [9.17, 15) is 26.3 Å². The molecular weight excluding hydrogens is 468 g/mol. The van der Waals surface area contributed by atoms with Gasteiger partial charge >= 0.3 is 12.4 Å². The summed E-state index contributed by atoms with van der Waals surface area (Å²) in [5.41, 5.74) is 1.22. The summed E-state index contributed by atoms with van der Waals surface area (Å²) < 4.78 is 79.3. The molecule has 4 rings (SSSR count). The summed E-state index contributed by atoms with van der Waals surface area (Å²) in [5, 5.41) is 20.5. The van der Waals surface area contributed by atoms with Crippen LogP contribution in [-0.4, -0.2) is 24.0 Å². The predicted molar refractivity (Wildman–Crippen MR) is 124 cm³/mol. The third-order valence-electron chi connectivity index (χ3n) is 5.93. The van der Waals surface area contributed by atoms with E-state index in [1.54, 1.807) is 6.07 Å². The molecule has 9 heteroatoms. The Morgan fingerprint density at radius 1 is 0.714 bits per heavy atom. The number of rotatable bonds is 3. The molecule has 3 aromatic rings. The number of hydrogen-bond donors (Lipinski definition) is 3. The number of amidine groups is 2. The van der Waals surface area contributed by atoms with Gasteiger partial charge in [-0.1, -0.05) is 51.1 Å². The normalized spacial score (nSPS) is 14.4. The summed E-state index contributed by atoms with van der Waals surface area (Å²) in [6.45, 7) is 5.98. The predicted octanol–water partition coefficient (Wildman–Crippen LogP) is 7.27. The van der Waals surface area contributed by atoms with Crippen molar-refractivity contribution < 1.29 is 26.3 Å². The van der Waals surface area contributed by atoms with Crippen LogP contribution in [0.25, 0.3) is 21.9 Å². The summed E-state index contributed by atoms with van der Waals surface area (Å²) in [7, 11) is 0. The Morgan fingerprint density at radius 2 is 1.29 bits per heavy atom. The molecule has 0 radical (unpaired) electrons. The van der Waals surface area contributed by atoms with Gasteiger partial charge in [0.05, 0.1) is 12.8 Å². The van der Waals surface area contributed by atoms with Crippen LogP contribution in [0.5, 0.6) is 0 Å². The van der Waals surface area contributed by atoms with E-state index in [4.69, 9.17) is 10.8 Å². The first-order valence-corrected chi connectivity index (χ1v) is 10.8. The van der Waals surface area contributed by atoms with Crippen molar-refractivity contribution in [1.29, 1.82) is 10.8 Å². The molecule has 3 aromatic carbocycles. The van der Waals surface area contributed by atoms with Gasteiger partial charge in [0.1, 0.15) is 11.7 Å². The molecule has 0 amide bonds. The van der Waals surface area contributed by atoms with Gasteiger partial charge in [-0.15, -0.1) is 0 Å². The largest absolute Gasteiger partial charge is 0.393 e. The molecule has 1 aliphatic heterocycles. The molecule has 0 bridgehead atoms. The fourth-order valence-corrected chi connectivity index (χ4v) is 4.45. The summed E-state index contributed by atoms with van der Waals surface area (Å²) >= 11 is 0. The fourth-order valence-electron chi connectivity index (χ4n) is 4.45. The van der Waals surface area contributed by atoms with Crippen LogP contribution >= 0.6 is 0 Å². The Labute approximate surface area is 198 Å². The molecule has 3 nitrogen and oxygen atoms in total. The van der Waals surface area contributed by atoms with Gasteiger partial charge in [0.25, 0.3) is 0 Å². The monoisotopic (exact) mass is 491 g/mol. The number of fused-ring (bicyclic) bond motifs is 2. The Hall–Kier alpha value is -3.36. The van der Waals surface area contributed by atoms with Crippen LogP contribution in [0.1, 0.15) is 48.6 Å². The molecule has 1 heterocycles. The van der Waals surface area contributed by atoms with Gasteiger partial charge in [-0.3, -0.25) is 10.8 Å². The van der Waals surface area contributed by atoms with E-state index < -0.39 is 25.2 Å². The van der Waals surface area contributed by atoms with Crippen molar-refractivity contribution in [2.24, 2.45) is 0 Å². The standard InChI is InChI=1S/C26H23F6N3/c1-24(2,3)17-5-4-15-9-19-21(23(34)35-22(19)33)20(18(15)10-17)16-7-13(11-25(27,28)29)6-14(8-16)12-26(30,31)32/h4-10H,11-12H2,1-3H3,(H3,33,34,35). The molecule has 0 saturated heterocycles. The van der Waals surface area contributed by atoms with Crippen LogP contribution in [0.4, 0.5) is 26.3 Å². The first-order valence-electron chi connectivity index (χ1n) is 10.8. The van der Waals surface area contributed by atoms with Crippen molar-refractivity contribution in [2.75, 3.05) is 0 Å². The molecule has 0 fully saturated rings. The second-order valence-electron chi connectivity index (χ2n) is 9.86. The van der Waals surface area contributed by atoms with Crippen molar-refractivity contribution in [1.82, 2.24) is 5.32 Å². The number of alkyl halides is 6. The average Bonchev–Trinajstić information content (AvgIpc) is 2.95. The van der Waals surface area contributed by atoms with Crippen LogP contribution in [-0.2, 0) is 18.3 Å². The van der Waals surface area contributed by atoms with E-state index in [1.165, 1.54) is 12.1 Å². The van der Waals surface area contributed by atoms with E-state index >= 15 is 0 Å². The van der Waals surface area contributed by atoms with Crippen molar-refractivity contribution in [2.45, 2.75) is 51.4 Å². The van der Waals surface area contributed by atoms with Crippen LogP contribution in [0.2, 0.25) is 0 Å². The number of halogens is 6. The lowest BCUT2D eigenvalue weighted by Gasteiger charge is -2.22. The molecule has 0 aliphatic carbocycles. The van der Waals surface area contributed by atoms with Crippen LogP contribution in [0, 0.1) is 10.8 Å². The Kier molecular flexibility index (Phi) is 5.73. The molecule has 1 aliphatic rings. The number of nitrogens with one attached hydrogen (secondary N) is 3. The first kappa shape index (κ1) is 24.8. The first-order chi connectivity index (χ1) is 16.0. The Balaban J connectivity index is 2.08. The van der Waals surface area contributed by atoms with Gasteiger partial charge in [0, 0.05) is 16.7 Å². The minimum absolute atomic E-state index is 0.0463. The fraction of sp³-hybridized carbons (Fsp3) is 0.308. The van der Waals surface area contributed by atoms with Gasteiger partial charge < -0.3 is 5.32 Å². The minimum Gasteiger partial charge on any atom is -0.325 e. The van der Waals surface area contributed by atoms with Crippen LogP contribution < -0.4 is 5.32 Å². The Morgan fingerprint density at radius 3 is 1.80 bits per heavy atom. The van der Waals surface area contributed by atoms with Crippen molar-refractivity contribution >= 4 is 22.4 Å². The minimum atomic E-state index is -4.61. The summed E-state index contributed by atoms with van der Waals surface area (Å²) in [6.07, 6.45) is -12.0. The molecule has 0 unspecified atom stereocenters. The van der Waals surface area contributed by atoms with E-state index in [0.29, 0.717) is 21.9 Å².